The lowest BCUT2D eigenvalue weighted by Crippen LogP contribution is -2.01. The van der Waals surface area contributed by atoms with Crippen molar-refractivity contribution >= 4 is 51.6 Å². The number of anilines is 1. The monoisotopic (exact) mass is 324 g/mol. The van der Waals surface area contributed by atoms with Gasteiger partial charge in [0.1, 0.15) is 11.4 Å². The quantitative estimate of drug-likeness (QED) is 0.734. The van der Waals surface area contributed by atoms with E-state index in [4.69, 9.17) is 23.2 Å². The number of benzene rings is 1. The Kier molecular flexibility index (Phi) is 3.74. The average Bonchev–Trinajstić information content (AvgIpc) is 2.90. The fourth-order valence-electron chi connectivity index (χ4n) is 1.84. The zero-order valence-corrected chi connectivity index (χ0v) is 12.9. The molecular formula is C13H10Cl2N4S. The van der Waals surface area contributed by atoms with Gasteiger partial charge in [-0.3, -0.25) is 4.98 Å². The number of halogens is 2. The summed E-state index contributed by atoms with van der Waals surface area (Å²) in [4.78, 5) is 4.26. The topological polar surface area (TPSA) is 49.6 Å². The van der Waals surface area contributed by atoms with E-state index in [9.17, 15) is 0 Å². The van der Waals surface area contributed by atoms with Gasteiger partial charge in [0.05, 0.1) is 27.1 Å². The van der Waals surface area contributed by atoms with Crippen LogP contribution in [0.3, 0.4) is 0 Å². The first-order chi connectivity index (χ1) is 9.65. The molecule has 0 aliphatic carbocycles. The van der Waals surface area contributed by atoms with Gasteiger partial charge in [-0.05, 0) is 24.6 Å². The third kappa shape index (κ3) is 2.57. The lowest BCUT2D eigenvalue weighted by molar-refractivity contribution is 1.09. The van der Waals surface area contributed by atoms with Gasteiger partial charge in [-0.15, -0.1) is 0 Å². The van der Waals surface area contributed by atoms with Gasteiger partial charge in [0.15, 0.2) is 0 Å². The Labute approximate surface area is 130 Å². The highest BCUT2D eigenvalue weighted by Crippen LogP contribution is 2.47. The van der Waals surface area contributed by atoms with E-state index >= 15 is 0 Å². The van der Waals surface area contributed by atoms with Crippen molar-refractivity contribution in [2.45, 2.75) is 13.5 Å². The van der Waals surface area contributed by atoms with Gasteiger partial charge in [-0.2, -0.15) is 8.73 Å². The van der Waals surface area contributed by atoms with Crippen LogP contribution in [0.15, 0.2) is 33.1 Å². The van der Waals surface area contributed by atoms with Crippen LogP contribution in [0.1, 0.15) is 11.3 Å². The molecular weight excluding hydrogens is 315 g/mol. The maximum absolute atomic E-state index is 6.23. The Morgan fingerprint density at radius 1 is 1.15 bits per heavy atom. The van der Waals surface area contributed by atoms with Crippen LogP contribution in [0.25, 0.3) is 0 Å². The largest absolute Gasteiger partial charge is 0.378 e. The lowest BCUT2D eigenvalue weighted by atomic mass is 10.2. The maximum Gasteiger partial charge on any atom is 0.130 e. The van der Waals surface area contributed by atoms with Crippen molar-refractivity contribution in [1.29, 1.82) is 0 Å². The molecule has 0 saturated carbocycles. The van der Waals surface area contributed by atoms with Crippen LogP contribution in [0.4, 0.5) is 17.1 Å². The normalized spacial score (nSPS) is 12.2. The van der Waals surface area contributed by atoms with Crippen molar-refractivity contribution < 1.29 is 0 Å². The Morgan fingerprint density at radius 2 is 1.95 bits per heavy atom. The first-order valence-electron chi connectivity index (χ1n) is 5.91. The molecule has 2 aromatic rings. The number of nitrogens with one attached hydrogen (secondary N) is 1. The van der Waals surface area contributed by atoms with E-state index in [0.29, 0.717) is 28.0 Å². The summed E-state index contributed by atoms with van der Waals surface area (Å²) in [5.41, 5.74) is 4.18. The highest BCUT2D eigenvalue weighted by molar-refractivity contribution is 7.58. The SMILES string of the molecule is Cc1ccc(CNc2c(Cl)cc(Cl)c3c2N=S=N3)cn1. The van der Waals surface area contributed by atoms with Crippen molar-refractivity contribution in [2.24, 2.45) is 8.73 Å². The van der Waals surface area contributed by atoms with Gasteiger partial charge in [0, 0.05) is 18.4 Å². The molecule has 3 rings (SSSR count). The number of nitrogens with zero attached hydrogens (tertiary/aromatic N) is 3. The zero-order chi connectivity index (χ0) is 14.1. The van der Waals surface area contributed by atoms with Gasteiger partial charge >= 0.3 is 0 Å². The molecule has 1 N–H and O–H groups in total. The minimum Gasteiger partial charge on any atom is -0.378 e. The molecule has 0 fully saturated rings. The van der Waals surface area contributed by atoms with Crippen molar-refractivity contribution in [3.63, 3.8) is 0 Å². The van der Waals surface area contributed by atoms with Crippen LogP contribution < -0.4 is 5.32 Å². The zero-order valence-electron chi connectivity index (χ0n) is 10.5. The fourth-order valence-corrected chi connectivity index (χ4v) is 3.01. The highest BCUT2D eigenvalue weighted by atomic mass is 35.5. The molecule has 7 heteroatoms. The van der Waals surface area contributed by atoms with Crippen molar-refractivity contribution in [2.75, 3.05) is 5.32 Å². The predicted molar refractivity (Wildman–Crippen MR) is 84.3 cm³/mol. The Morgan fingerprint density at radius 3 is 2.70 bits per heavy atom. The van der Waals surface area contributed by atoms with Crippen molar-refractivity contribution in [1.82, 2.24) is 4.98 Å². The van der Waals surface area contributed by atoms with Gasteiger partial charge in [0.2, 0.25) is 0 Å². The number of hydrogen-bond acceptors (Lipinski definition) is 4. The summed E-state index contributed by atoms with van der Waals surface area (Å²) in [6.45, 7) is 2.57. The van der Waals surface area contributed by atoms with E-state index in [2.05, 4.69) is 19.0 Å². The molecule has 2 heterocycles. The van der Waals surface area contributed by atoms with E-state index in [1.54, 1.807) is 6.07 Å². The van der Waals surface area contributed by atoms with Crippen LogP contribution in [0, 0.1) is 6.92 Å². The first kappa shape index (κ1) is 13.5. The van der Waals surface area contributed by atoms with Crippen LogP contribution in [-0.2, 0) is 17.9 Å². The lowest BCUT2D eigenvalue weighted by Gasteiger charge is -2.12. The number of pyridine rings is 1. The summed E-state index contributed by atoms with van der Waals surface area (Å²) < 4.78 is 8.42. The molecule has 0 saturated heterocycles. The molecule has 4 nitrogen and oxygen atoms in total. The molecule has 0 bridgehead atoms. The predicted octanol–water partition coefficient (Wildman–Crippen LogP) is 5.04. The van der Waals surface area contributed by atoms with Gasteiger partial charge in [0.25, 0.3) is 0 Å². The number of rotatable bonds is 3. The van der Waals surface area contributed by atoms with Crippen LogP contribution in [0.2, 0.25) is 10.0 Å². The third-order valence-electron chi connectivity index (χ3n) is 2.89. The van der Waals surface area contributed by atoms with E-state index in [1.807, 2.05) is 25.3 Å². The fraction of sp³-hybridized carbons (Fsp3) is 0.154. The molecule has 102 valence electrons. The molecule has 0 atom stereocenters. The Balaban J connectivity index is 1.87. The van der Waals surface area contributed by atoms with Crippen LogP contribution in [-0.4, -0.2) is 4.98 Å². The summed E-state index contributed by atoms with van der Waals surface area (Å²) in [7, 11) is 0. The van der Waals surface area contributed by atoms with E-state index in [0.717, 1.165) is 28.3 Å². The summed E-state index contributed by atoms with van der Waals surface area (Å²) in [5, 5.41) is 4.33. The average molecular weight is 325 g/mol. The molecule has 0 amide bonds. The Bertz CT molecular complexity index is 737. The van der Waals surface area contributed by atoms with Crippen molar-refractivity contribution in [3.8, 4) is 0 Å². The number of aromatic nitrogens is 1. The van der Waals surface area contributed by atoms with Crippen LogP contribution in [0.5, 0.6) is 0 Å². The summed E-state index contributed by atoms with van der Waals surface area (Å²) in [6.07, 6.45) is 1.84. The first-order valence-corrected chi connectivity index (χ1v) is 7.39. The second kappa shape index (κ2) is 5.52. The third-order valence-corrected chi connectivity index (χ3v) is 4.00. The number of fused-ring (bicyclic) bond motifs is 1. The van der Waals surface area contributed by atoms with Crippen molar-refractivity contribution in [3.05, 3.63) is 45.7 Å². The summed E-state index contributed by atoms with van der Waals surface area (Å²) >= 11 is 13.4. The molecule has 0 unspecified atom stereocenters. The van der Waals surface area contributed by atoms with Crippen LogP contribution >= 0.6 is 23.2 Å². The number of aryl methyl sites for hydroxylation is 1. The molecule has 1 aliphatic heterocycles. The summed E-state index contributed by atoms with van der Waals surface area (Å²) in [6, 6.07) is 5.68. The second-order valence-corrected chi connectivity index (χ2v) is 5.68. The van der Waals surface area contributed by atoms with E-state index < -0.39 is 0 Å². The molecule has 1 aromatic carbocycles. The maximum atomic E-state index is 6.23. The van der Waals surface area contributed by atoms with E-state index in [1.165, 1.54) is 0 Å². The standard InChI is InChI=1S/C13H10Cl2N4S/c1-7-2-3-8(5-16-7)6-17-11-9(14)4-10(15)12-13(11)19-20-18-12/h2-5,17H,6H2,1H3. The van der Waals surface area contributed by atoms with Gasteiger partial charge < -0.3 is 5.32 Å². The molecule has 0 spiro atoms. The minimum atomic E-state index is 0.515. The molecule has 0 radical (unpaired) electrons. The molecule has 1 aliphatic rings. The smallest absolute Gasteiger partial charge is 0.130 e. The van der Waals surface area contributed by atoms with Gasteiger partial charge in [-0.1, -0.05) is 29.3 Å². The van der Waals surface area contributed by atoms with E-state index in [-0.39, 0.29) is 0 Å². The molecule has 1 aromatic heterocycles. The second-order valence-electron chi connectivity index (χ2n) is 4.34. The van der Waals surface area contributed by atoms with Gasteiger partial charge in [-0.25, -0.2) is 0 Å². The minimum absolute atomic E-state index is 0.515. The molecule has 20 heavy (non-hydrogen) atoms. The summed E-state index contributed by atoms with van der Waals surface area (Å²) in [5.74, 6) is 0. The Hall–Kier alpha value is -1.43. The number of hydrogen-bond donors (Lipinski definition) is 1. The highest BCUT2D eigenvalue weighted by Gasteiger charge is 2.18.